The summed E-state index contributed by atoms with van der Waals surface area (Å²) in [7, 11) is 0. The fourth-order valence-corrected chi connectivity index (χ4v) is 3.16. The van der Waals surface area contributed by atoms with Crippen molar-refractivity contribution in [2.75, 3.05) is 19.8 Å². The van der Waals surface area contributed by atoms with E-state index >= 15 is 0 Å². The number of rotatable bonds is 2. The Kier molecular flexibility index (Phi) is 3.16. The SMILES string of the molecule is CC(C)(F)c1cc2c(cc1C1(C)CCCN1)OCCO2. The number of alkyl halides is 1. The van der Waals surface area contributed by atoms with Crippen molar-refractivity contribution in [3.8, 4) is 11.5 Å². The normalized spacial score (nSPS) is 25.8. The number of nitrogens with one attached hydrogen (secondary N) is 1. The van der Waals surface area contributed by atoms with Crippen LogP contribution in [-0.4, -0.2) is 19.8 Å². The van der Waals surface area contributed by atoms with Gasteiger partial charge < -0.3 is 14.8 Å². The molecule has 1 atom stereocenters. The molecule has 0 amide bonds. The van der Waals surface area contributed by atoms with Crippen molar-refractivity contribution < 1.29 is 13.9 Å². The molecule has 4 heteroatoms. The second-order valence-corrected chi connectivity index (χ2v) is 6.38. The van der Waals surface area contributed by atoms with Crippen LogP contribution in [0.25, 0.3) is 0 Å². The number of hydrogen-bond donors (Lipinski definition) is 1. The first-order valence-corrected chi connectivity index (χ1v) is 7.29. The van der Waals surface area contributed by atoms with E-state index < -0.39 is 5.67 Å². The van der Waals surface area contributed by atoms with Gasteiger partial charge in [0.25, 0.3) is 0 Å². The monoisotopic (exact) mass is 279 g/mol. The Labute approximate surface area is 119 Å². The third kappa shape index (κ3) is 2.26. The van der Waals surface area contributed by atoms with Crippen LogP contribution in [0.5, 0.6) is 11.5 Å². The van der Waals surface area contributed by atoms with E-state index in [-0.39, 0.29) is 5.54 Å². The summed E-state index contributed by atoms with van der Waals surface area (Å²) < 4.78 is 25.9. The largest absolute Gasteiger partial charge is 0.486 e. The highest BCUT2D eigenvalue weighted by Gasteiger charge is 2.37. The number of benzene rings is 1. The van der Waals surface area contributed by atoms with Gasteiger partial charge >= 0.3 is 0 Å². The molecule has 1 unspecified atom stereocenters. The number of fused-ring (bicyclic) bond motifs is 1. The van der Waals surface area contributed by atoms with E-state index in [1.54, 1.807) is 13.8 Å². The fraction of sp³-hybridized carbons (Fsp3) is 0.625. The maximum atomic E-state index is 14.7. The molecular formula is C16H22FNO2. The molecule has 2 aliphatic heterocycles. The molecule has 0 aliphatic carbocycles. The molecule has 0 saturated carbocycles. The Morgan fingerprint density at radius 3 is 2.40 bits per heavy atom. The summed E-state index contributed by atoms with van der Waals surface area (Å²) in [6, 6.07) is 3.78. The first-order chi connectivity index (χ1) is 9.40. The Balaban J connectivity index is 2.15. The van der Waals surface area contributed by atoms with Crippen molar-refractivity contribution in [3.05, 3.63) is 23.3 Å². The summed E-state index contributed by atoms with van der Waals surface area (Å²) in [5.41, 5.74) is 0.0953. The molecule has 1 saturated heterocycles. The molecule has 0 aromatic heterocycles. The Bertz CT molecular complexity index is 516. The van der Waals surface area contributed by atoms with E-state index in [1.165, 1.54) is 0 Å². The molecular weight excluding hydrogens is 257 g/mol. The maximum absolute atomic E-state index is 14.7. The summed E-state index contributed by atoms with van der Waals surface area (Å²) >= 11 is 0. The minimum atomic E-state index is -1.40. The van der Waals surface area contributed by atoms with Crippen LogP contribution in [0.3, 0.4) is 0 Å². The van der Waals surface area contributed by atoms with Crippen molar-refractivity contribution in [3.63, 3.8) is 0 Å². The van der Waals surface area contributed by atoms with E-state index in [9.17, 15) is 4.39 Å². The van der Waals surface area contributed by atoms with Gasteiger partial charge in [0, 0.05) is 5.54 Å². The quantitative estimate of drug-likeness (QED) is 0.901. The third-order valence-corrected chi connectivity index (χ3v) is 4.29. The van der Waals surface area contributed by atoms with Gasteiger partial charge in [-0.25, -0.2) is 4.39 Å². The molecule has 2 aliphatic rings. The zero-order chi connectivity index (χ0) is 14.4. The molecule has 0 radical (unpaired) electrons. The topological polar surface area (TPSA) is 30.5 Å². The summed E-state index contributed by atoms with van der Waals surface area (Å²) in [5.74, 6) is 1.39. The van der Waals surface area contributed by atoms with Gasteiger partial charge in [-0.15, -0.1) is 0 Å². The van der Waals surface area contributed by atoms with Crippen LogP contribution in [0.15, 0.2) is 12.1 Å². The minimum Gasteiger partial charge on any atom is -0.486 e. The van der Waals surface area contributed by atoms with Crippen LogP contribution in [0.1, 0.15) is 44.7 Å². The highest BCUT2D eigenvalue weighted by atomic mass is 19.1. The van der Waals surface area contributed by atoms with Crippen molar-refractivity contribution in [1.29, 1.82) is 0 Å². The van der Waals surface area contributed by atoms with Gasteiger partial charge in [-0.1, -0.05) is 0 Å². The van der Waals surface area contributed by atoms with E-state index in [2.05, 4.69) is 12.2 Å². The highest BCUT2D eigenvalue weighted by Crippen LogP contribution is 2.44. The number of hydrogen-bond acceptors (Lipinski definition) is 3. The molecule has 1 fully saturated rings. The van der Waals surface area contributed by atoms with Crippen molar-refractivity contribution in [2.24, 2.45) is 0 Å². The number of ether oxygens (including phenoxy) is 2. The van der Waals surface area contributed by atoms with Crippen molar-refractivity contribution in [2.45, 2.75) is 44.8 Å². The second-order valence-electron chi connectivity index (χ2n) is 6.38. The van der Waals surface area contributed by atoms with Crippen molar-refractivity contribution in [1.82, 2.24) is 5.32 Å². The Morgan fingerprint density at radius 1 is 1.20 bits per heavy atom. The van der Waals surface area contributed by atoms with Gasteiger partial charge in [-0.2, -0.15) is 0 Å². The fourth-order valence-electron chi connectivity index (χ4n) is 3.16. The zero-order valence-corrected chi connectivity index (χ0v) is 12.4. The summed E-state index contributed by atoms with van der Waals surface area (Å²) in [5, 5.41) is 3.51. The van der Waals surface area contributed by atoms with Crippen LogP contribution in [-0.2, 0) is 11.2 Å². The van der Waals surface area contributed by atoms with E-state index in [0.717, 1.165) is 30.7 Å². The first kappa shape index (κ1) is 13.7. The molecule has 0 spiro atoms. The lowest BCUT2D eigenvalue weighted by Gasteiger charge is -2.33. The van der Waals surface area contributed by atoms with E-state index in [4.69, 9.17) is 9.47 Å². The smallest absolute Gasteiger partial charge is 0.161 e. The average molecular weight is 279 g/mol. The lowest BCUT2D eigenvalue weighted by atomic mass is 9.82. The van der Waals surface area contributed by atoms with E-state index in [0.29, 0.717) is 24.5 Å². The minimum absolute atomic E-state index is 0.186. The molecule has 2 heterocycles. The lowest BCUT2D eigenvalue weighted by Crippen LogP contribution is -2.36. The predicted octanol–water partition coefficient (Wildman–Crippen LogP) is 3.26. The maximum Gasteiger partial charge on any atom is 0.161 e. The van der Waals surface area contributed by atoms with Gasteiger partial charge in [0.1, 0.15) is 18.9 Å². The van der Waals surface area contributed by atoms with Crippen LogP contribution < -0.4 is 14.8 Å². The van der Waals surface area contributed by atoms with Gasteiger partial charge in [0.2, 0.25) is 0 Å². The molecule has 0 bridgehead atoms. The van der Waals surface area contributed by atoms with Gasteiger partial charge in [-0.3, -0.25) is 0 Å². The average Bonchev–Trinajstić information content (AvgIpc) is 2.84. The van der Waals surface area contributed by atoms with Crippen LogP contribution in [0.4, 0.5) is 4.39 Å². The van der Waals surface area contributed by atoms with Gasteiger partial charge in [-0.05, 0) is 63.4 Å². The predicted molar refractivity (Wildman–Crippen MR) is 76.2 cm³/mol. The highest BCUT2D eigenvalue weighted by molar-refractivity contribution is 5.52. The molecule has 110 valence electrons. The lowest BCUT2D eigenvalue weighted by molar-refractivity contribution is 0.167. The molecule has 20 heavy (non-hydrogen) atoms. The standard InChI is InChI=1S/C16H22FNO2/c1-15(2,17)11-9-13-14(20-8-7-19-13)10-12(11)16(3)5-4-6-18-16/h9-10,18H,4-8H2,1-3H3. The van der Waals surface area contributed by atoms with Gasteiger partial charge in [0.05, 0.1) is 0 Å². The van der Waals surface area contributed by atoms with Crippen molar-refractivity contribution >= 4 is 0 Å². The Morgan fingerprint density at radius 2 is 1.85 bits per heavy atom. The summed E-state index contributed by atoms with van der Waals surface area (Å²) in [6.45, 7) is 7.38. The molecule has 1 N–H and O–H groups in total. The second kappa shape index (κ2) is 4.62. The van der Waals surface area contributed by atoms with Crippen LogP contribution in [0, 0.1) is 0 Å². The van der Waals surface area contributed by atoms with Crippen LogP contribution >= 0.6 is 0 Å². The first-order valence-electron chi connectivity index (χ1n) is 7.29. The third-order valence-electron chi connectivity index (χ3n) is 4.29. The molecule has 3 nitrogen and oxygen atoms in total. The summed E-state index contributed by atoms with van der Waals surface area (Å²) in [6.07, 6.45) is 2.12. The van der Waals surface area contributed by atoms with Gasteiger partial charge in [0.15, 0.2) is 11.5 Å². The zero-order valence-electron chi connectivity index (χ0n) is 12.4. The molecule has 1 aromatic carbocycles. The Hall–Kier alpha value is -1.29. The number of halogens is 1. The molecule has 3 rings (SSSR count). The van der Waals surface area contributed by atoms with E-state index in [1.807, 2.05) is 12.1 Å². The van der Waals surface area contributed by atoms with Crippen LogP contribution in [0.2, 0.25) is 0 Å². The molecule has 1 aromatic rings. The summed E-state index contributed by atoms with van der Waals surface area (Å²) in [4.78, 5) is 0.